The lowest BCUT2D eigenvalue weighted by molar-refractivity contribution is 0.0140. The molecule has 0 spiro atoms. The highest BCUT2D eigenvalue weighted by Gasteiger charge is 2.31. The van der Waals surface area contributed by atoms with Gasteiger partial charge in [0.25, 0.3) is 11.5 Å². The van der Waals surface area contributed by atoms with Crippen molar-refractivity contribution in [3.8, 4) is 28.4 Å². The number of pyridine rings is 1. The predicted molar refractivity (Wildman–Crippen MR) is 169 cm³/mol. The van der Waals surface area contributed by atoms with Gasteiger partial charge in [0.05, 0.1) is 34.1 Å². The van der Waals surface area contributed by atoms with Gasteiger partial charge in [-0.25, -0.2) is 4.79 Å². The zero-order valence-electron chi connectivity index (χ0n) is 26.7. The molecule has 2 amide bonds. The molecule has 2 aromatic heterocycles. The van der Waals surface area contributed by atoms with E-state index >= 15 is 0 Å². The molecule has 0 atom stereocenters. The van der Waals surface area contributed by atoms with Gasteiger partial charge in [0, 0.05) is 50.4 Å². The average molecular weight is 618 g/mol. The topological polar surface area (TPSA) is 117 Å². The van der Waals surface area contributed by atoms with Gasteiger partial charge in [0.2, 0.25) is 0 Å². The number of methoxy groups -OCH3 is 3. The number of benzene rings is 2. The normalized spacial score (nSPS) is 13.6. The molecule has 5 rings (SSSR count). The summed E-state index contributed by atoms with van der Waals surface area (Å²) in [6, 6.07) is 11.1. The number of fused-ring (bicyclic) bond motifs is 1. The Hall–Kier alpha value is -5.00. The first kappa shape index (κ1) is 31.4. The van der Waals surface area contributed by atoms with Crippen LogP contribution in [0.15, 0.2) is 53.6 Å². The Morgan fingerprint density at radius 2 is 1.49 bits per heavy atom. The minimum absolute atomic E-state index is 0.184. The van der Waals surface area contributed by atoms with Crippen molar-refractivity contribution in [2.45, 2.75) is 32.9 Å². The van der Waals surface area contributed by atoms with Gasteiger partial charge in [-0.2, -0.15) is 5.10 Å². The van der Waals surface area contributed by atoms with Crippen LogP contribution in [0.25, 0.3) is 22.0 Å². The summed E-state index contributed by atoms with van der Waals surface area (Å²) < 4.78 is 25.4. The van der Waals surface area contributed by atoms with Gasteiger partial charge >= 0.3 is 6.09 Å². The summed E-state index contributed by atoms with van der Waals surface area (Å²) in [5.74, 6) is 1.14. The Balaban J connectivity index is 1.46. The Bertz CT molecular complexity index is 1750. The number of amides is 2. The van der Waals surface area contributed by atoms with E-state index in [-0.39, 0.29) is 17.0 Å². The van der Waals surface area contributed by atoms with E-state index in [1.165, 1.54) is 18.8 Å². The maximum absolute atomic E-state index is 13.8. The molecule has 1 aliphatic heterocycles. The molecule has 1 fully saturated rings. The van der Waals surface area contributed by atoms with Crippen LogP contribution in [0.2, 0.25) is 0 Å². The second kappa shape index (κ2) is 12.5. The maximum atomic E-state index is 13.8. The maximum Gasteiger partial charge on any atom is 0.410 e. The molecule has 4 aromatic rings. The number of hydrogen-bond donors (Lipinski definition) is 0. The molecule has 12 heteroatoms. The standard InChI is InChI=1S/C33H39N5O7/c1-33(2,3)45-32(41)37-14-12-36(13-15-37)30(39)28-26(43-6)16-22(17-27(28)44-7)25-20-35(4)31(40)29-24(25)18-34-38(29)19-21-8-10-23(42-5)11-9-21/h8-11,16-18,20H,12-15,19H2,1-7H3. The van der Waals surface area contributed by atoms with Crippen molar-refractivity contribution < 1.29 is 28.5 Å². The molecule has 0 radical (unpaired) electrons. The van der Waals surface area contributed by atoms with Crippen molar-refractivity contribution in [1.82, 2.24) is 24.1 Å². The van der Waals surface area contributed by atoms with Crippen LogP contribution >= 0.6 is 0 Å². The molecule has 0 bridgehead atoms. The van der Waals surface area contributed by atoms with E-state index in [1.807, 2.05) is 45.0 Å². The lowest BCUT2D eigenvalue weighted by atomic mass is 10.00. The third-order valence-electron chi connectivity index (χ3n) is 7.72. The van der Waals surface area contributed by atoms with Crippen molar-refractivity contribution >= 4 is 22.9 Å². The number of ether oxygens (including phenoxy) is 4. The van der Waals surface area contributed by atoms with Gasteiger partial charge in [0.15, 0.2) is 0 Å². The molecule has 12 nitrogen and oxygen atoms in total. The lowest BCUT2D eigenvalue weighted by Gasteiger charge is -2.36. The molecule has 2 aromatic carbocycles. The van der Waals surface area contributed by atoms with Gasteiger partial charge in [-0.1, -0.05) is 12.1 Å². The highest BCUT2D eigenvalue weighted by atomic mass is 16.6. The van der Waals surface area contributed by atoms with E-state index in [0.29, 0.717) is 60.7 Å². The van der Waals surface area contributed by atoms with Gasteiger partial charge < -0.3 is 33.3 Å². The van der Waals surface area contributed by atoms with Crippen molar-refractivity contribution in [2.75, 3.05) is 47.5 Å². The molecule has 45 heavy (non-hydrogen) atoms. The van der Waals surface area contributed by atoms with E-state index in [4.69, 9.17) is 18.9 Å². The second-order valence-corrected chi connectivity index (χ2v) is 11.9. The molecule has 0 saturated carbocycles. The number of carbonyl (C=O) groups is 2. The Kier molecular flexibility index (Phi) is 8.76. The Labute approximate surface area is 261 Å². The summed E-state index contributed by atoms with van der Waals surface area (Å²) in [5.41, 5.74) is 2.34. The quantitative estimate of drug-likeness (QED) is 0.303. The zero-order valence-corrected chi connectivity index (χ0v) is 26.7. The third kappa shape index (κ3) is 6.45. The van der Waals surface area contributed by atoms with Crippen LogP contribution in [0.4, 0.5) is 4.79 Å². The predicted octanol–water partition coefficient (Wildman–Crippen LogP) is 4.17. The molecule has 0 aliphatic carbocycles. The van der Waals surface area contributed by atoms with Crippen LogP contribution in [0.5, 0.6) is 17.2 Å². The summed E-state index contributed by atoms with van der Waals surface area (Å²) in [7, 11) is 6.31. The fourth-order valence-corrected chi connectivity index (χ4v) is 5.41. The van der Waals surface area contributed by atoms with Crippen LogP contribution in [-0.4, -0.2) is 89.3 Å². The minimum Gasteiger partial charge on any atom is -0.497 e. The highest BCUT2D eigenvalue weighted by molar-refractivity contribution is 6.02. The number of carbonyl (C=O) groups excluding carboxylic acids is 2. The number of aryl methyl sites for hydroxylation is 1. The van der Waals surface area contributed by atoms with Crippen LogP contribution in [-0.2, 0) is 18.3 Å². The van der Waals surface area contributed by atoms with Gasteiger partial charge in [-0.15, -0.1) is 0 Å². The molecule has 1 aliphatic rings. The fourth-order valence-electron chi connectivity index (χ4n) is 5.41. The van der Waals surface area contributed by atoms with Crippen LogP contribution in [0.1, 0.15) is 36.7 Å². The number of piperazine rings is 1. The molecule has 238 valence electrons. The average Bonchev–Trinajstić information content (AvgIpc) is 3.45. The molecule has 0 unspecified atom stereocenters. The molecule has 3 heterocycles. The number of rotatable bonds is 7. The zero-order chi connectivity index (χ0) is 32.5. The monoisotopic (exact) mass is 617 g/mol. The van der Waals surface area contributed by atoms with E-state index < -0.39 is 11.7 Å². The SMILES string of the molecule is COc1ccc(Cn2ncc3c(-c4cc(OC)c(C(=O)N5CCN(C(=O)OC(C)(C)C)CC5)c(OC)c4)cn(C)c(=O)c32)cc1. The van der Waals surface area contributed by atoms with E-state index in [0.717, 1.165) is 16.9 Å². The molecule has 0 N–H and O–H groups in total. The van der Waals surface area contributed by atoms with Crippen LogP contribution in [0, 0.1) is 0 Å². The van der Waals surface area contributed by atoms with Crippen LogP contribution in [0.3, 0.4) is 0 Å². The fraction of sp³-hybridized carbons (Fsp3) is 0.394. The summed E-state index contributed by atoms with van der Waals surface area (Å²) in [4.78, 5) is 42.9. The molecular weight excluding hydrogens is 578 g/mol. The third-order valence-corrected chi connectivity index (χ3v) is 7.72. The lowest BCUT2D eigenvalue weighted by Crippen LogP contribution is -2.51. The Morgan fingerprint density at radius 3 is 2.04 bits per heavy atom. The first-order valence-corrected chi connectivity index (χ1v) is 14.7. The highest BCUT2D eigenvalue weighted by Crippen LogP contribution is 2.38. The smallest absolute Gasteiger partial charge is 0.410 e. The first-order valence-electron chi connectivity index (χ1n) is 14.7. The van der Waals surface area contributed by atoms with E-state index in [9.17, 15) is 14.4 Å². The largest absolute Gasteiger partial charge is 0.497 e. The van der Waals surface area contributed by atoms with Gasteiger partial charge in [-0.05, 0) is 56.2 Å². The van der Waals surface area contributed by atoms with Crippen molar-refractivity contribution in [2.24, 2.45) is 7.05 Å². The van der Waals surface area contributed by atoms with E-state index in [1.54, 1.807) is 53.2 Å². The number of hydrogen-bond acceptors (Lipinski definition) is 8. The molecular formula is C33H39N5O7. The van der Waals surface area contributed by atoms with E-state index in [2.05, 4.69) is 5.10 Å². The summed E-state index contributed by atoms with van der Waals surface area (Å²) >= 11 is 0. The number of nitrogens with zero attached hydrogens (tertiary/aromatic N) is 5. The minimum atomic E-state index is -0.599. The Morgan fingerprint density at radius 1 is 0.889 bits per heavy atom. The summed E-state index contributed by atoms with van der Waals surface area (Å²) in [6.07, 6.45) is 3.03. The number of aromatic nitrogens is 3. The summed E-state index contributed by atoms with van der Waals surface area (Å²) in [5, 5.41) is 5.22. The van der Waals surface area contributed by atoms with Crippen molar-refractivity contribution in [3.05, 3.63) is 70.3 Å². The van der Waals surface area contributed by atoms with Crippen molar-refractivity contribution in [1.29, 1.82) is 0 Å². The molecule has 1 saturated heterocycles. The van der Waals surface area contributed by atoms with Gasteiger partial charge in [0.1, 0.15) is 33.9 Å². The van der Waals surface area contributed by atoms with Gasteiger partial charge in [-0.3, -0.25) is 14.3 Å². The second-order valence-electron chi connectivity index (χ2n) is 11.9. The van der Waals surface area contributed by atoms with Crippen molar-refractivity contribution in [3.63, 3.8) is 0 Å². The van der Waals surface area contributed by atoms with Crippen LogP contribution < -0.4 is 19.8 Å². The summed E-state index contributed by atoms with van der Waals surface area (Å²) in [6.45, 7) is 7.22. The first-order chi connectivity index (χ1) is 21.4.